The summed E-state index contributed by atoms with van der Waals surface area (Å²) >= 11 is 0. The van der Waals surface area contributed by atoms with Gasteiger partial charge in [0.1, 0.15) is 5.92 Å². The molecular formula is C10H16N2O4. The van der Waals surface area contributed by atoms with Crippen molar-refractivity contribution in [2.75, 3.05) is 20.2 Å². The minimum absolute atomic E-state index is 0.212. The Morgan fingerprint density at radius 3 is 2.81 bits per heavy atom. The van der Waals surface area contributed by atoms with Crippen molar-refractivity contribution >= 4 is 17.8 Å². The summed E-state index contributed by atoms with van der Waals surface area (Å²) in [5.41, 5.74) is 4.99. The molecule has 0 spiro atoms. The van der Waals surface area contributed by atoms with Crippen LogP contribution < -0.4 is 5.73 Å². The van der Waals surface area contributed by atoms with Crippen LogP contribution in [-0.2, 0) is 19.1 Å². The molecule has 2 N–H and O–H groups in total. The molecule has 1 aliphatic heterocycles. The Morgan fingerprint density at radius 2 is 2.25 bits per heavy atom. The van der Waals surface area contributed by atoms with Crippen LogP contribution in [0, 0.1) is 5.92 Å². The fourth-order valence-electron chi connectivity index (χ4n) is 1.77. The Bertz CT molecular complexity index is 303. The number of carbonyl (C=O) groups is 3. The van der Waals surface area contributed by atoms with E-state index in [2.05, 4.69) is 4.74 Å². The molecule has 1 aliphatic rings. The predicted molar refractivity (Wildman–Crippen MR) is 55.1 cm³/mol. The normalized spacial score (nSPS) is 19.9. The number of carbonyl (C=O) groups excluding carboxylic acids is 3. The van der Waals surface area contributed by atoms with Gasteiger partial charge in [-0.05, 0) is 12.8 Å². The number of amides is 2. The van der Waals surface area contributed by atoms with E-state index in [1.807, 2.05) is 0 Å². The molecule has 2 amide bonds. The third-order valence-corrected chi connectivity index (χ3v) is 2.63. The topological polar surface area (TPSA) is 89.7 Å². The van der Waals surface area contributed by atoms with Crippen molar-refractivity contribution in [2.24, 2.45) is 11.7 Å². The van der Waals surface area contributed by atoms with E-state index in [-0.39, 0.29) is 18.2 Å². The van der Waals surface area contributed by atoms with Gasteiger partial charge in [0, 0.05) is 19.5 Å². The second-order valence-corrected chi connectivity index (χ2v) is 3.76. The lowest BCUT2D eigenvalue weighted by molar-refractivity contribution is -0.150. The zero-order valence-corrected chi connectivity index (χ0v) is 9.27. The number of rotatable bonds is 5. The number of methoxy groups -OCH3 is 1. The maximum absolute atomic E-state index is 11.7. The number of nitrogens with zero attached hydrogens (tertiary/aromatic N) is 1. The molecule has 0 aromatic rings. The van der Waals surface area contributed by atoms with Crippen molar-refractivity contribution < 1.29 is 19.1 Å². The van der Waals surface area contributed by atoms with E-state index in [1.165, 1.54) is 7.11 Å². The molecule has 1 heterocycles. The first-order valence-corrected chi connectivity index (χ1v) is 5.21. The van der Waals surface area contributed by atoms with E-state index in [0.29, 0.717) is 25.9 Å². The Morgan fingerprint density at radius 1 is 1.56 bits per heavy atom. The Hall–Kier alpha value is -1.59. The van der Waals surface area contributed by atoms with Crippen LogP contribution in [0.25, 0.3) is 0 Å². The molecule has 0 aromatic heterocycles. The summed E-state index contributed by atoms with van der Waals surface area (Å²) in [6, 6.07) is 0. The molecule has 1 rings (SSSR count). The Labute approximate surface area is 93.7 Å². The predicted octanol–water partition coefficient (Wildman–Crippen LogP) is -0.727. The molecule has 1 unspecified atom stereocenters. The number of primary amides is 1. The third kappa shape index (κ3) is 2.95. The third-order valence-electron chi connectivity index (χ3n) is 2.63. The maximum Gasteiger partial charge on any atom is 0.318 e. The molecule has 0 radical (unpaired) electrons. The second-order valence-electron chi connectivity index (χ2n) is 3.76. The minimum atomic E-state index is -0.668. The molecule has 90 valence electrons. The average molecular weight is 228 g/mol. The molecule has 0 aliphatic carbocycles. The van der Waals surface area contributed by atoms with Gasteiger partial charge in [0.2, 0.25) is 11.8 Å². The number of likely N-dealkylation sites (tertiary alicyclic amines) is 1. The van der Waals surface area contributed by atoms with Gasteiger partial charge in [-0.3, -0.25) is 14.4 Å². The van der Waals surface area contributed by atoms with Crippen molar-refractivity contribution in [1.82, 2.24) is 4.90 Å². The van der Waals surface area contributed by atoms with E-state index in [4.69, 9.17) is 5.73 Å². The summed E-state index contributed by atoms with van der Waals surface area (Å²) in [7, 11) is 1.27. The summed E-state index contributed by atoms with van der Waals surface area (Å²) in [5.74, 6) is -1.74. The molecule has 0 aromatic carbocycles. The van der Waals surface area contributed by atoms with E-state index in [0.717, 1.165) is 0 Å². The van der Waals surface area contributed by atoms with Gasteiger partial charge in [-0.2, -0.15) is 0 Å². The number of hydrogen-bond acceptors (Lipinski definition) is 4. The summed E-state index contributed by atoms with van der Waals surface area (Å²) in [6.45, 7) is 1.01. The van der Waals surface area contributed by atoms with Crippen molar-refractivity contribution in [3.05, 3.63) is 0 Å². The fraction of sp³-hybridized carbons (Fsp3) is 0.700. The highest BCUT2D eigenvalue weighted by Gasteiger charge is 2.37. The summed E-state index contributed by atoms with van der Waals surface area (Å²) in [5, 5.41) is 0. The first kappa shape index (κ1) is 12.5. The van der Waals surface area contributed by atoms with Crippen LogP contribution in [-0.4, -0.2) is 42.9 Å². The van der Waals surface area contributed by atoms with Crippen molar-refractivity contribution in [3.8, 4) is 0 Å². The fourth-order valence-corrected chi connectivity index (χ4v) is 1.77. The van der Waals surface area contributed by atoms with E-state index in [9.17, 15) is 14.4 Å². The standard InChI is InChI=1S/C10H16N2O4/c1-16-10(15)7-4-6-12(9(7)14)5-2-3-8(11)13/h7H,2-6H2,1H3,(H2,11,13). The highest BCUT2D eigenvalue weighted by molar-refractivity contribution is 5.99. The van der Waals surface area contributed by atoms with Gasteiger partial charge in [0.15, 0.2) is 0 Å². The van der Waals surface area contributed by atoms with E-state index >= 15 is 0 Å². The zero-order chi connectivity index (χ0) is 12.1. The monoisotopic (exact) mass is 228 g/mol. The quantitative estimate of drug-likeness (QED) is 0.496. The number of hydrogen-bond donors (Lipinski definition) is 1. The SMILES string of the molecule is COC(=O)C1CCN(CCCC(N)=O)C1=O. The molecule has 16 heavy (non-hydrogen) atoms. The van der Waals surface area contributed by atoms with Gasteiger partial charge < -0.3 is 15.4 Å². The maximum atomic E-state index is 11.7. The van der Waals surface area contributed by atoms with Crippen LogP contribution in [0.5, 0.6) is 0 Å². The first-order chi connectivity index (χ1) is 7.56. The number of ether oxygens (including phenoxy) is 1. The lowest BCUT2D eigenvalue weighted by Crippen LogP contribution is -2.32. The van der Waals surface area contributed by atoms with Gasteiger partial charge in [0.25, 0.3) is 0 Å². The largest absolute Gasteiger partial charge is 0.468 e. The second kappa shape index (κ2) is 5.48. The first-order valence-electron chi connectivity index (χ1n) is 5.21. The number of nitrogens with two attached hydrogens (primary N) is 1. The Kier molecular flexibility index (Phi) is 4.28. The smallest absolute Gasteiger partial charge is 0.318 e. The summed E-state index contributed by atoms with van der Waals surface area (Å²) in [4.78, 5) is 35.0. The van der Waals surface area contributed by atoms with Gasteiger partial charge >= 0.3 is 5.97 Å². The van der Waals surface area contributed by atoms with Gasteiger partial charge in [-0.1, -0.05) is 0 Å². The Balaban J connectivity index is 2.39. The van der Waals surface area contributed by atoms with Gasteiger partial charge in [-0.25, -0.2) is 0 Å². The van der Waals surface area contributed by atoms with Gasteiger partial charge in [0.05, 0.1) is 7.11 Å². The lowest BCUT2D eigenvalue weighted by Gasteiger charge is -2.15. The lowest BCUT2D eigenvalue weighted by atomic mass is 10.1. The average Bonchev–Trinajstić information content (AvgIpc) is 2.59. The van der Waals surface area contributed by atoms with E-state index < -0.39 is 11.9 Å². The molecular weight excluding hydrogens is 212 g/mol. The molecule has 1 saturated heterocycles. The van der Waals surface area contributed by atoms with Crippen LogP contribution in [0.3, 0.4) is 0 Å². The summed E-state index contributed by atoms with van der Waals surface area (Å²) < 4.78 is 4.54. The molecule has 0 bridgehead atoms. The highest BCUT2D eigenvalue weighted by atomic mass is 16.5. The molecule has 6 nitrogen and oxygen atoms in total. The molecule has 6 heteroatoms. The van der Waals surface area contributed by atoms with Crippen LogP contribution in [0.15, 0.2) is 0 Å². The number of esters is 1. The van der Waals surface area contributed by atoms with E-state index in [1.54, 1.807) is 4.90 Å². The van der Waals surface area contributed by atoms with Crippen LogP contribution in [0.1, 0.15) is 19.3 Å². The minimum Gasteiger partial charge on any atom is -0.468 e. The van der Waals surface area contributed by atoms with Crippen LogP contribution >= 0.6 is 0 Å². The summed E-state index contributed by atoms with van der Waals surface area (Å²) in [6.07, 6.45) is 1.28. The van der Waals surface area contributed by atoms with Crippen molar-refractivity contribution in [2.45, 2.75) is 19.3 Å². The van der Waals surface area contributed by atoms with Crippen molar-refractivity contribution in [1.29, 1.82) is 0 Å². The molecule has 0 saturated carbocycles. The molecule has 1 atom stereocenters. The molecule has 1 fully saturated rings. The van der Waals surface area contributed by atoms with Crippen LogP contribution in [0.2, 0.25) is 0 Å². The highest BCUT2D eigenvalue weighted by Crippen LogP contribution is 2.19. The van der Waals surface area contributed by atoms with Crippen molar-refractivity contribution in [3.63, 3.8) is 0 Å². The zero-order valence-electron chi connectivity index (χ0n) is 9.27. The van der Waals surface area contributed by atoms with Crippen LogP contribution in [0.4, 0.5) is 0 Å². The van der Waals surface area contributed by atoms with Gasteiger partial charge in [-0.15, -0.1) is 0 Å².